The van der Waals surface area contributed by atoms with Crippen molar-refractivity contribution in [2.45, 2.75) is 0 Å². The summed E-state index contributed by atoms with van der Waals surface area (Å²) in [6, 6.07) is 9.79. The van der Waals surface area contributed by atoms with Gasteiger partial charge in [-0.3, -0.25) is 0 Å². The molecule has 0 amide bonds. The van der Waals surface area contributed by atoms with E-state index in [4.69, 9.17) is 11.6 Å². The van der Waals surface area contributed by atoms with Crippen molar-refractivity contribution in [2.75, 3.05) is 0 Å². The predicted octanol–water partition coefficient (Wildman–Crippen LogP) is 3.66. The molecule has 19 heavy (non-hydrogen) atoms. The van der Waals surface area contributed by atoms with E-state index in [1.165, 1.54) is 0 Å². The third-order valence-electron chi connectivity index (χ3n) is 3.00. The molecule has 0 unspecified atom stereocenters. The van der Waals surface area contributed by atoms with Crippen molar-refractivity contribution < 1.29 is 0 Å². The van der Waals surface area contributed by atoms with Crippen LogP contribution < -0.4 is 0 Å². The fourth-order valence-corrected chi connectivity index (χ4v) is 2.99. The van der Waals surface area contributed by atoms with Gasteiger partial charge < -0.3 is 0 Å². The second-order valence-corrected chi connectivity index (χ2v) is 5.25. The summed E-state index contributed by atoms with van der Waals surface area (Å²) in [6.07, 6.45) is 0. The number of aromatic nitrogens is 4. The molecule has 0 aliphatic rings. The van der Waals surface area contributed by atoms with E-state index in [9.17, 15) is 0 Å². The Morgan fingerprint density at radius 2 is 1.89 bits per heavy atom. The van der Waals surface area contributed by atoms with Crippen LogP contribution in [0.3, 0.4) is 0 Å². The molecule has 6 heteroatoms. The van der Waals surface area contributed by atoms with Gasteiger partial charge in [0.15, 0.2) is 16.6 Å². The smallest absolute Gasteiger partial charge is 0.186 e. The van der Waals surface area contributed by atoms with Crippen LogP contribution in [0.15, 0.2) is 41.1 Å². The summed E-state index contributed by atoms with van der Waals surface area (Å²) >= 11 is 7.85. The second kappa shape index (κ2) is 4.01. The van der Waals surface area contributed by atoms with Gasteiger partial charge in [0.1, 0.15) is 0 Å². The summed E-state index contributed by atoms with van der Waals surface area (Å²) in [5.41, 5.74) is 1.72. The molecule has 3 aromatic heterocycles. The summed E-state index contributed by atoms with van der Waals surface area (Å²) in [6.45, 7) is 0. The lowest BCUT2D eigenvalue weighted by atomic mass is 10.2. The van der Waals surface area contributed by atoms with Crippen LogP contribution in [0.4, 0.5) is 0 Å². The van der Waals surface area contributed by atoms with Crippen LogP contribution in [0.25, 0.3) is 27.8 Å². The van der Waals surface area contributed by atoms with Crippen LogP contribution in [0.1, 0.15) is 0 Å². The van der Waals surface area contributed by atoms with E-state index >= 15 is 0 Å². The molecule has 0 N–H and O–H groups in total. The van der Waals surface area contributed by atoms with Crippen molar-refractivity contribution in [1.82, 2.24) is 19.8 Å². The molecule has 3 heterocycles. The van der Waals surface area contributed by atoms with Crippen LogP contribution in [0.2, 0.25) is 5.15 Å². The van der Waals surface area contributed by atoms with Crippen LogP contribution in [-0.4, -0.2) is 19.8 Å². The normalized spacial score (nSPS) is 11.4. The standard InChI is InChI=1S/C13H7ClN4S/c14-11-9-3-1-2-4-10(9)13-16-15-12(18(13)17-11)8-5-6-19-7-8/h1-7H. The molecular weight excluding hydrogens is 280 g/mol. The largest absolute Gasteiger partial charge is 0.191 e. The number of fused-ring (bicyclic) bond motifs is 3. The van der Waals surface area contributed by atoms with E-state index in [1.807, 2.05) is 41.1 Å². The summed E-state index contributed by atoms with van der Waals surface area (Å²) < 4.78 is 1.70. The number of thiophene rings is 1. The molecule has 0 aliphatic heterocycles. The van der Waals surface area contributed by atoms with Gasteiger partial charge in [-0.25, -0.2) is 0 Å². The Kier molecular flexibility index (Phi) is 2.30. The fourth-order valence-electron chi connectivity index (χ4n) is 2.11. The molecule has 0 radical (unpaired) electrons. The molecule has 1 aromatic carbocycles. The highest BCUT2D eigenvalue weighted by Crippen LogP contribution is 2.27. The zero-order valence-corrected chi connectivity index (χ0v) is 11.2. The molecule has 0 bridgehead atoms. The third kappa shape index (κ3) is 1.55. The van der Waals surface area contributed by atoms with Crippen LogP contribution in [-0.2, 0) is 0 Å². The van der Waals surface area contributed by atoms with E-state index in [2.05, 4.69) is 15.3 Å². The monoisotopic (exact) mass is 286 g/mol. The quantitative estimate of drug-likeness (QED) is 0.536. The summed E-state index contributed by atoms with van der Waals surface area (Å²) in [4.78, 5) is 0. The lowest BCUT2D eigenvalue weighted by Gasteiger charge is -2.02. The first-order valence-corrected chi connectivity index (χ1v) is 6.99. The minimum atomic E-state index is 0.458. The van der Waals surface area contributed by atoms with Crippen LogP contribution in [0.5, 0.6) is 0 Å². The van der Waals surface area contributed by atoms with E-state index in [1.54, 1.807) is 15.9 Å². The highest BCUT2D eigenvalue weighted by atomic mass is 35.5. The van der Waals surface area contributed by atoms with E-state index in [0.29, 0.717) is 11.0 Å². The molecule has 0 saturated heterocycles. The molecule has 4 aromatic rings. The Morgan fingerprint density at radius 1 is 1.05 bits per heavy atom. The number of nitrogens with zero attached hydrogens (tertiary/aromatic N) is 4. The average Bonchev–Trinajstić information content (AvgIpc) is 3.07. The Hall–Kier alpha value is -1.98. The predicted molar refractivity (Wildman–Crippen MR) is 76.6 cm³/mol. The highest BCUT2D eigenvalue weighted by molar-refractivity contribution is 7.08. The van der Waals surface area contributed by atoms with E-state index in [0.717, 1.165) is 22.0 Å². The van der Waals surface area contributed by atoms with Gasteiger partial charge in [0.25, 0.3) is 0 Å². The highest BCUT2D eigenvalue weighted by Gasteiger charge is 2.14. The molecule has 0 spiro atoms. The van der Waals surface area contributed by atoms with Crippen molar-refractivity contribution in [3.8, 4) is 11.4 Å². The molecule has 0 aliphatic carbocycles. The maximum absolute atomic E-state index is 6.24. The molecule has 0 atom stereocenters. The molecule has 92 valence electrons. The van der Waals surface area contributed by atoms with Gasteiger partial charge in [-0.15, -0.1) is 10.2 Å². The lowest BCUT2D eigenvalue weighted by Crippen LogP contribution is -1.96. The SMILES string of the molecule is Clc1nn2c(-c3ccsc3)nnc2c2ccccc12. The molecule has 0 fully saturated rings. The first-order chi connectivity index (χ1) is 9.34. The van der Waals surface area contributed by atoms with Gasteiger partial charge >= 0.3 is 0 Å². The Balaban J connectivity index is 2.16. The maximum Gasteiger partial charge on any atom is 0.186 e. The van der Waals surface area contributed by atoms with Gasteiger partial charge in [-0.1, -0.05) is 35.9 Å². The van der Waals surface area contributed by atoms with Crippen molar-refractivity contribution in [3.63, 3.8) is 0 Å². The topological polar surface area (TPSA) is 43.1 Å². The first-order valence-electron chi connectivity index (χ1n) is 5.67. The maximum atomic E-state index is 6.24. The molecule has 4 nitrogen and oxygen atoms in total. The second-order valence-electron chi connectivity index (χ2n) is 4.11. The van der Waals surface area contributed by atoms with Gasteiger partial charge in [-0.2, -0.15) is 21.0 Å². The first kappa shape index (κ1) is 10.9. The Bertz CT molecular complexity index is 882. The lowest BCUT2D eigenvalue weighted by molar-refractivity contribution is 0.947. The zero-order chi connectivity index (χ0) is 12.8. The van der Waals surface area contributed by atoms with Crippen LogP contribution >= 0.6 is 22.9 Å². The zero-order valence-electron chi connectivity index (χ0n) is 9.62. The number of halogens is 1. The minimum Gasteiger partial charge on any atom is -0.191 e. The van der Waals surface area contributed by atoms with Crippen molar-refractivity contribution in [1.29, 1.82) is 0 Å². The van der Waals surface area contributed by atoms with E-state index < -0.39 is 0 Å². The summed E-state index contributed by atoms with van der Waals surface area (Å²) in [5, 5.41) is 19.2. The molecular formula is C13H7ClN4S. The van der Waals surface area contributed by atoms with Gasteiger partial charge in [0, 0.05) is 21.7 Å². The number of hydrogen-bond acceptors (Lipinski definition) is 4. The van der Waals surface area contributed by atoms with Gasteiger partial charge in [-0.05, 0) is 11.4 Å². The molecule has 0 saturated carbocycles. The van der Waals surface area contributed by atoms with Gasteiger partial charge in [0.2, 0.25) is 0 Å². The van der Waals surface area contributed by atoms with Crippen molar-refractivity contribution >= 4 is 39.4 Å². The summed E-state index contributed by atoms with van der Waals surface area (Å²) in [7, 11) is 0. The third-order valence-corrected chi connectivity index (χ3v) is 3.96. The summed E-state index contributed by atoms with van der Waals surface area (Å²) in [5.74, 6) is 0.712. The number of benzene rings is 1. The van der Waals surface area contributed by atoms with Crippen molar-refractivity contribution in [2.24, 2.45) is 0 Å². The number of rotatable bonds is 1. The van der Waals surface area contributed by atoms with Crippen LogP contribution in [0, 0.1) is 0 Å². The van der Waals surface area contributed by atoms with Crippen molar-refractivity contribution in [3.05, 3.63) is 46.2 Å². The molecule has 4 rings (SSSR count). The van der Waals surface area contributed by atoms with Gasteiger partial charge in [0.05, 0.1) is 0 Å². The Labute approximate surface area is 117 Å². The fraction of sp³-hybridized carbons (Fsp3) is 0. The average molecular weight is 287 g/mol. The minimum absolute atomic E-state index is 0.458. The Morgan fingerprint density at radius 3 is 2.68 bits per heavy atom. The van der Waals surface area contributed by atoms with E-state index in [-0.39, 0.29) is 0 Å². The number of hydrogen-bond donors (Lipinski definition) is 0.